The van der Waals surface area contributed by atoms with Gasteiger partial charge in [0.2, 0.25) is 17.7 Å². The average Bonchev–Trinajstić information content (AvgIpc) is 3.01. The van der Waals surface area contributed by atoms with Crippen molar-refractivity contribution in [2.75, 3.05) is 11.9 Å². The van der Waals surface area contributed by atoms with E-state index in [2.05, 4.69) is 11.9 Å². The van der Waals surface area contributed by atoms with Crippen molar-refractivity contribution >= 4 is 46.6 Å². The minimum absolute atomic E-state index is 0.0105. The number of halogens is 2. The quantitative estimate of drug-likeness (QED) is 0.644. The molecule has 3 amide bonds. The normalized spacial score (nSPS) is 24.4. The molecule has 1 fully saturated rings. The summed E-state index contributed by atoms with van der Waals surface area (Å²) in [6.07, 6.45) is 0.518. The SMILES string of the molecule is C=C(CC)[C@H]1N(CC(N)=O)C(=O)C[C@@H](c2cccc(Cl)c2)[C@]12C(=O)Nc1cc(Cl)ccc12. The number of likely N-dealkylation sites (tertiary alicyclic amines) is 1. The van der Waals surface area contributed by atoms with Crippen LogP contribution in [0.5, 0.6) is 0 Å². The summed E-state index contributed by atoms with van der Waals surface area (Å²) in [5.41, 5.74) is 6.98. The van der Waals surface area contributed by atoms with Gasteiger partial charge < -0.3 is 16.0 Å². The fourth-order valence-electron chi connectivity index (χ4n) is 5.17. The van der Waals surface area contributed by atoms with Crippen molar-refractivity contribution in [3.05, 3.63) is 75.8 Å². The molecule has 0 saturated carbocycles. The maximum Gasteiger partial charge on any atom is 0.238 e. The molecular weight excluding hydrogens is 449 g/mol. The van der Waals surface area contributed by atoms with E-state index in [0.29, 0.717) is 33.3 Å². The van der Waals surface area contributed by atoms with Gasteiger partial charge in [0.1, 0.15) is 5.41 Å². The summed E-state index contributed by atoms with van der Waals surface area (Å²) >= 11 is 12.5. The molecule has 0 radical (unpaired) electrons. The second-order valence-corrected chi connectivity index (χ2v) is 9.10. The number of hydrogen-bond acceptors (Lipinski definition) is 3. The molecule has 32 heavy (non-hydrogen) atoms. The monoisotopic (exact) mass is 471 g/mol. The van der Waals surface area contributed by atoms with Crippen molar-refractivity contribution in [1.29, 1.82) is 0 Å². The predicted octanol–water partition coefficient (Wildman–Crippen LogP) is 4.02. The number of nitrogens with one attached hydrogen (secondary N) is 1. The second kappa shape index (κ2) is 8.26. The van der Waals surface area contributed by atoms with Crippen LogP contribution in [0.15, 0.2) is 54.6 Å². The summed E-state index contributed by atoms with van der Waals surface area (Å²) < 4.78 is 0. The summed E-state index contributed by atoms with van der Waals surface area (Å²) in [4.78, 5) is 40.5. The third-order valence-electron chi connectivity index (χ3n) is 6.46. The van der Waals surface area contributed by atoms with Crippen molar-refractivity contribution < 1.29 is 14.4 Å². The first kappa shape index (κ1) is 22.4. The van der Waals surface area contributed by atoms with Crippen LogP contribution in [0.4, 0.5) is 5.69 Å². The second-order valence-electron chi connectivity index (χ2n) is 8.23. The van der Waals surface area contributed by atoms with Gasteiger partial charge in [-0.1, -0.05) is 60.5 Å². The Morgan fingerprint density at radius 3 is 2.59 bits per heavy atom. The first-order valence-corrected chi connectivity index (χ1v) is 11.1. The summed E-state index contributed by atoms with van der Waals surface area (Å²) in [5, 5.41) is 3.94. The van der Waals surface area contributed by atoms with E-state index in [0.717, 1.165) is 5.56 Å². The van der Waals surface area contributed by atoms with Crippen LogP contribution in [0.25, 0.3) is 0 Å². The molecule has 2 aromatic rings. The Morgan fingerprint density at radius 1 is 1.22 bits per heavy atom. The number of amides is 3. The van der Waals surface area contributed by atoms with Crippen molar-refractivity contribution in [1.82, 2.24) is 4.90 Å². The highest BCUT2D eigenvalue weighted by Crippen LogP contribution is 2.56. The largest absolute Gasteiger partial charge is 0.368 e. The fraction of sp³-hybridized carbons (Fsp3) is 0.292. The van der Waals surface area contributed by atoms with Crippen molar-refractivity contribution in [3.8, 4) is 0 Å². The van der Waals surface area contributed by atoms with E-state index in [4.69, 9.17) is 28.9 Å². The Bertz CT molecular complexity index is 1150. The number of primary amides is 1. The number of nitrogens with two attached hydrogens (primary N) is 1. The minimum Gasteiger partial charge on any atom is -0.368 e. The van der Waals surface area contributed by atoms with E-state index >= 15 is 0 Å². The van der Waals surface area contributed by atoms with Crippen LogP contribution in [-0.4, -0.2) is 35.2 Å². The summed E-state index contributed by atoms with van der Waals surface area (Å²) in [6.45, 7) is 5.80. The van der Waals surface area contributed by atoms with Gasteiger partial charge in [-0.3, -0.25) is 14.4 Å². The molecule has 3 N–H and O–H groups in total. The smallest absolute Gasteiger partial charge is 0.238 e. The molecule has 4 rings (SSSR count). The Morgan fingerprint density at radius 2 is 1.94 bits per heavy atom. The number of fused-ring (bicyclic) bond motifs is 2. The van der Waals surface area contributed by atoms with Crippen LogP contribution in [0.2, 0.25) is 10.0 Å². The Balaban J connectivity index is 2.04. The zero-order valence-electron chi connectivity index (χ0n) is 17.5. The molecule has 1 spiro atoms. The van der Waals surface area contributed by atoms with Gasteiger partial charge in [0, 0.05) is 28.1 Å². The Hall–Kier alpha value is -2.83. The third-order valence-corrected chi connectivity index (χ3v) is 6.93. The molecule has 2 aromatic carbocycles. The van der Waals surface area contributed by atoms with E-state index < -0.39 is 23.3 Å². The van der Waals surface area contributed by atoms with E-state index in [9.17, 15) is 14.4 Å². The zero-order valence-corrected chi connectivity index (χ0v) is 19.0. The highest BCUT2D eigenvalue weighted by atomic mass is 35.5. The van der Waals surface area contributed by atoms with Gasteiger partial charge in [-0.2, -0.15) is 0 Å². The summed E-state index contributed by atoms with van der Waals surface area (Å²) in [6, 6.07) is 11.6. The third kappa shape index (κ3) is 3.38. The maximum atomic E-state index is 13.9. The van der Waals surface area contributed by atoms with Gasteiger partial charge in [-0.15, -0.1) is 0 Å². The van der Waals surface area contributed by atoms with Crippen LogP contribution < -0.4 is 11.1 Å². The van der Waals surface area contributed by atoms with Gasteiger partial charge in [0.25, 0.3) is 0 Å². The van der Waals surface area contributed by atoms with E-state index in [1.165, 1.54) is 4.90 Å². The molecule has 3 atom stereocenters. The molecule has 6 nitrogen and oxygen atoms in total. The lowest BCUT2D eigenvalue weighted by Crippen LogP contribution is -2.64. The van der Waals surface area contributed by atoms with Gasteiger partial charge in [-0.05, 0) is 41.8 Å². The summed E-state index contributed by atoms with van der Waals surface area (Å²) in [7, 11) is 0. The molecule has 2 heterocycles. The number of benzene rings is 2. The van der Waals surface area contributed by atoms with Crippen molar-refractivity contribution in [2.24, 2.45) is 5.73 Å². The molecule has 166 valence electrons. The lowest BCUT2D eigenvalue weighted by atomic mass is 9.58. The molecule has 0 aromatic heterocycles. The van der Waals surface area contributed by atoms with Crippen LogP contribution in [0.1, 0.15) is 36.8 Å². The molecule has 0 aliphatic carbocycles. The van der Waals surface area contributed by atoms with Crippen LogP contribution in [0.3, 0.4) is 0 Å². The standard InChI is InChI=1S/C24H23Cl2N3O3/c1-3-13(2)22-24(17-8-7-16(26)10-19(17)28-23(24)32)18(14-5-4-6-15(25)9-14)11-21(31)29(22)12-20(27)30/h4-10,18,22H,2-3,11-12H2,1H3,(H2,27,30)(H,28,32)/t18-,22+,24-/m0/s1. The lowest BCUT2D eigenvalue weighted by Gasteiger charge is -2.51. The topological polar surface area (TPSA) is 92.5 Å². The first-order valence-electron chi connectivity index (χ1n) is 10.3. The van der Waals surface area contributed by atoms with Crippen LogP contribution >= 0.6 is 23.2 Å². The van der Waals surface area contributed by atoms with Crippen molar-refractivity contribution in [2.45, 2.75) is 37.1 Å². The first-order chi connectivity index (χ1) is 15.2. The number of nitrogens with zero attached hydrogens (tertiary/aromatic N) is 1. The molecule has 1 saturated heterocycles. The Labute approximate surface area is 196 Å². The molecule has 8 heteroatoms. The van der Waals surface area contributed by atoms with Gasteiger partial charge in [-0.25, -0.2) is 0 Å². The van der Waals surface area contributed by atoms with Crippen LogP contribution in [-0.2, 0) is 19.8 Å². The number of rotatable bonds is 5. The van der Waals surface area contributed by atoms with E-state index in [-0.39, 0.29) is 24.8 Å². The molecular formula is C24H23Cl2N3O3. The highest BCUT2D eigenvalue weighted by molar-refractivity contribution is 6.31. The molecule has 0 bridgehead atoms. The van der Waals surface area contributed by atoms with E-state index in [1.807, 2.05) is 13.0 Å². The number of carbonyl (C=O) groups excluding carboxylic acids is 3. The van der Waals surface area contributed by atoms with Crippen LogP contribution in [0, 0.1) is 0 Å². The number of anilines is 1. The predicted molar refractivity (Wildman–Crippen MR) is 125 cm³/mol. The van der Waals surface area contributed by atoms with E-state index in [1.54, 1.807) is 36.4 Å². The molecule has 0 unspecified atom stereocenters. The number of piperidine rings is 1. The van der Waals surface area contributed by atoms with Gasteiger partial charge >= 0.3 is 0 Å². The molecule has 2 aliphatic heterocycles. The Kier molecular flexibility index (Phi) is 5.77. The summed E-state index contributed by atoms with van der Waals surface area (Å²) in [5.74, 6) is -1.73. The highest BCUT2D eigenvalue weighted by Gasteiger charge is 2.63. The average molecular weight is 472 g/mol. The number of hydrogen-bond donors (Lipinski definition) is 2. The van der Waals surface area contributed by atoms with Gasteiger partial charge in [0.05, 0.1) is 12.6 Å². The lowest BCUT2D eigenvalue weighted by molar-refractivity contribution is -0.146. The van der Waals surface area contributed by atoms with Crippen molar-refractivity contribution in [3.63, 3.8) is 0 Å². The minimum atomic E-state index is -1.22. The fourth-order valence-corrected chi connectivity index (χ4v) is 5.54. The van der Waals surface area contributed by atoms with Gasteiger partial charge in [0.15, 0.2) is 0 Å². The zero-order chi connectivity index (χ0) is 23.2. The molecule has 2 aliphatic rings. The number of carbonyl (C=O) groups is 3. The maximum absolute atomic E-state index is 13.9.